The minimum Gasteiger partial charge on any atom is -0.492 e. The molecule has 0 aliphatic heterocycles. The Labute approximate surface area is 128 Å². The molecule has 0 unspecified atom stereocenters. The first-order chi connectivity index (χ1) is 10.7. The first-order valence-electron chi connectivity index (χ1n) is 7.08. The highest BCUT2D eigenvalue weighted by atomic mass is 16.7. The Morgan fingerprint density at radius 3 is 2.05 bits per heavy atom. The standard InChI is InChI=1S/C18H17NO3/c20-17-12-16(11-14-7-3-1-4-8-14)18(21)19(17)22-13-15-9-5-2-6-10-15/h1-10,12,20-21H,11,13H2. The van der Waals surface area contributed by atoms with Gasteiger partial charge in [-0.25, -0.2) is 0 Å². The van der Waals surface area contributed by atoms with E-state index in [2.05, 4.69) is 0 Å². The van der Waals surface area contributed by atoms with Gasteiger partial charge in [-0.3, -0.25) is 0 Å². The number of rotatable bonds is 5. The van der Waals surface area contributed by atoms with E-state index in [1.165, 1.54) is 6.07 Å². The lowest BCUT2D eigenvalue weighted by atomic mass is 10.1. The smallest absolute Gasteiger partial charge is 0.232 e. The van der Waals surface area contributed by atoms with Gasteiger partial charge in [0.2, 0.25) is 11.8 Å². The summed E-state index contributed by atoms with van der Waals surface area (Å²) in [5, 5.41) is 20.2. The van der Waals surface area contributed by atoms with Crippen LogP contribution in [-0.2, 0) is 13.0 Å². The summed E-state index contributed by atoms with van der Waals surface area (Å²) in [4.78, 5) is 5.49. The first kappa shape index (κ1) is 14.1. The molecule has 22 heavy (non-hydrogen) atoms. The van der Waals surface area contributed by atoms with E-state index >= 15 is 0 Å². The van der Waals surface area contributed by atoms with Crippen LogP contribution in [0, 0.1) is 0 Å². The molecule has 112 valence electrons. The summed E-state index contributed by atoms with van der Waals surface area (Å²) in [7, 11) is 0. The molecule has 0 spiro atoms. The van der Waals surface area contributed by atoms with Gasteiger partial charge in [-0.1, -0.05) is 60.7 Å². The summed E-state index contributed by atoms with van der Waals surface area (Å²) in [5.41, 5.74) is 2.63. The first-order valence-corrected chi connectivity index (χ1v) is 7.08. The quantitative estimate of drug-likeness (QED) is 0.760. The fourth-order valence-electron chi connectivity index (χ4n) is 2.30. The molecule has 0 aliphatic carbocycles. The molecule has 0 saturated heterocycles. The minimum absolute atomic E-state index is 0.0720. The molecule has 0 amide bonds. The second-order valence-corrected chi connectivity index (χ2v) is 5.07. The maximum Gasteiger partial charge on any atom is 0.232 e. The van der Waals surface area contributed by atoms with Crippen LogP contribution >= 0.6 is 0 Å². The van der Waals surface area contributed by atoms with E-state index in [1.807, 2.05) is 60.7 Å². The van der Waals surface area contributed by atoms with Crippen LogP contribution in [0.15, 0.2) is 66.7 Å². The van der Waals surface area contributed by atoms with Gasteiger partial charge >= 0.3 is 0 Å². The van der Waals surface area contributed by atoms with Gasteiger partial charge < -0.3 is 15.1 Å². The predicted octanol–water partition coefficient (Wildman–Crippen LogP) is 3.12. The Morgan fingerprint density at radius 1 is 0.818 bits per heavy atom. The molecular formula is C18H17NO3. The topological polar surface area (TPSA) is 54.6 Å². The third-order valence-electron chi connectivity index (χ3n) is 3.43. The van der Waals surface area contributed by atoms with Gasteiger partial charge in [0.05, 0.1) is 0 Å². The van der Waals surface area contributed by atoms with Crippen molar-refractivity contribution in [3.05, 3.63) is 83.4 Å². The average Bonchev–Trinajstić information content (AvgIpc) is 2.81. The van der Waals surface area contributed by atoms with Crippen molar-refractivity contribution in [1.82, 2.24) is 4.73 Å². The molecule has 0 aliphatic rings. The highest BCUT2D eigenvalue weighted by molar-refractivity contribution is 5.38. The normalized spacial score (nSPS) is 10.5. The number of nitrogens with zero attached hydrogens (tertiary/aromatic N) is 1. The molecular weight excluding hydrogens is 278 g/mol. The summed E-state index contributed by atoms with van der Waals surface area (Å²) >= 11 is 0. The Balaban J connectivity index is 1.75. The molecule has 1 heterocycles. The van der Waals surface area contributed by atoms with Crippen LogP contribution in [0.2, 0.25) is 0 Å². The lowest BCUT2D eigenvalue weighted by molar-refractivity contribution is 0.0640. The average molecular weight is 295 g/mol. The van der Waals surface area contributed by atoms with Crippen molar-refractivity contribution >= 4 is 0 Å². The minimum atomic E-state index is -0.112. The Hall–Kier alpha value is -2.88. The van der Waals surface area contributed by atoms with Crippen molar-refractivity contribution in [2.24, 2.45) is 0 Å². The monoisotopic (exact) mass is 295 g/mol. The lowest BCUT2D eigenvalue weighted by Crippen LogP contribution is -2.10. The summed E-state index contributed by atoms with van der Waals surface area (Å²) in [5.74, 6) is -0.184. The number of benzene rings is 2. The van der Waals surface area contributed by atoms with Gasteiger partial charge in [0.25, 0.3) is 0 Å². The SMILES string of the molecule is Oc1cc(Cc2ccccc2)c(O)n1OCc1ccccc1. The van der Waals surface area contributed by atoms with Crippen molar-refractivity contribution in [2.75, 3.05) is 0 Å². The van der Waals surface area contributed by atoms with Crippen molar-refractivity contribution in [3.8, 4) is 11.8 Å². The number of hydrogen-bond donors (Lipinski definition) is 2. The second kappa shape index (κ2) is 6.26. The number of aromatic hydroxyl groups is 2. The fourth-order valence-corrected chi connectivity index (χ4v) is 2.30. The molecule has 2 aromatic carbocycles. The molecule has 3 rings (SSSR count). The molecule has 3 aromatic rings. The van der Waals surface area contributed by atoms with Crippen LogP contribution in [-0.4, -0.2) is 14.9 Å². The van der Waals surface area contributed by atoms with Gasteiger partial charge in [-0.2, -0.15) is 0 Å². The van der Waals surface area contributed by atoms with Crippen LogP contribution in [0.3, 0.4) is 0 Å². The van der Waals surface area contributed by atoms with Gasteiger partial charge in [-0.15, -0.1) is 4.73 Å². The van der Waals surface area contributed by atoms with Gasteiger partial charge in [0, 0.05) is 18.1 Å². The van der Waals surface area contributed by atoms with Crippen LogP contribution in [0.25, 0.3) is 0 Å². The van der Waals surface area contributed by atoms with Crippen LogP contribution in [0.5, 0.6) is 11.8 Å². The largest absolute Gasteiger partial charge is 0.492 e. The summed E-state index contributed by atoms with van der Waals surface area (Å²) in [6.07, 6.45) is 0.530. The van der Waals surface area contributed by atoms with Crippen molar-refractivity contribution in [3.63, 3.8) is 0 Å². The Kier molecular flexibility index (Phi) is 4.01. The Morgan fingerprint density at radius 2 is 1.41 bits per heavy atom. The highest BCUT2D eigenvalue weighted by Crippen LogP contribution is 2.28. The molecule has 0 fully saturated rings. The molecule has 0 atom stereocenters. The molecule has 0 radical (unpaired) electrons. The molecule has 4 nitrogen and oxygen atoms in total. The third kappa shape index (κ3) is 3.06. The van der Waals surface area contributed by atoms with Crippen molar-refractivity contribution < 1.29 is 15.1 Å². The summed E-state index contributed by atoms with van der Waals surface area (Å²) in [6, 6.07) is 20.9. The van der Waals surface area contributed by atoms with E-state index < -0.39 is 0 Å². The van der Waals surface area contributed by atoms with Crippen LogP contribution < -0.4 is 4.84 Å². The number of aromatic nitrogens is 1. The van der Waals surface area contributed by atoms with E-state index in [0.717, 1.165) is 15.9 Å². The highest BCUT2D eigenvalue weighted by Gasteiger charge is 2.15. The zero-order chi connectivity index (χ0) is 15.4. The van der Waals surface area contributed by atoms with Crippen LogP contribution in [0.4, 0.5) is 0 Å². The molecule has 4 heteroatoms. The second-order valence-electron chi connectivity index (χ2n) is 5.07. The van der Waals surface area contributed by atoms with Gasteiger partial charge in [-0.05, 0) is 11.1 Å². The van der Waals surface area contributed by atoms with Crippen molar-refractivity contribution in [1.29, 1.82) is 0 Å². The van der Waals surface area contributed by atoms with E-state index in [9.17, 15) is 10.2 Å². The Bertz CT molecular complexity index is 736. The molecule has 0 bridgehead atoms. The fraction of sp³-hybridized carbons (Fsp3) is 0.111. The van der Waals surface area contributed by atoms with Crippen LogP contribution in [0.1, 0.15) is 16.7 Å². The van der Waals surface area contributed by atoms with E-state index in [0.29, 0.717) is 12.0 Å². The zero-order valence-corrected chi connectivity index (χ0v) is 12.0. The third-order valence-corrected chi connectivity index (χ3v) is 3.43. The summed E-state index contributed by atoms with van der Waals surface area (Å²) < 4.78 is 1.06. The maximum atomic E-state index is 10.2. The lowest BCUT2D eigenvalue weighted by Gasteiger charge is -2.09. The number of hydrogen-bond acceptors (Lipinski definition) is 3. The molecule has 0 saturated carbocycles. The molecule has 1 aromatic heterocycles. The molecule has 2 N–H and O–H groups in total. The predicted molar refractivity (Wildman–Crippen MR) is 83.7 cm³/mol. The maximum absolute atomic E-state index is 10.2. The van der Waals surface area contributed by atoms with E-state index in [4.69, 9.17) is 4.84 Å². The van der Waals surface area contributed by atoms with Gasteiger partial charge in [0.15, 0.2) is 0 Å². The van der Waals surface area contributed by atoms with E-state index in [-0.39, 0.29) is 18.4 Å². The van der Waals surface area contributed by atoms with E-state index in [1.54, 1.807) is 0 Å². The van der Waals surface area contributed by atoms with Crippen molar-refractivity contribution in [2.45, 2.75) is 13.0 Å². The van der Waals surface area contributed by atoms with Gasteiger partial charge in [0.1, 0.15) is 6.61 Å². The zero-order valence-electron chi connectivity index (χ0n) is 12.0. The summed E-state index contributed by atoms with van der Waals surface area (Å²) in [6.45, 7) is 0.265.